The van der Waals surface area contributed by atoms with Gasteiger partial charge in [-0.3, -0.25) is 4.79 Å². The number of nitrogens with one attached hydrogen (secondary N) is 1. The summed E-state index contributed by atoms with van der Waals surface area (Å²) in [5.41, 5.74) is 1.92. The summed E-state index contributed by atoms with van der Waals surface area (Å²) in [6.07, 6.45) is 1.43. The van der Waals surface area contributed by atoms with Crippen LogP contribution in [0.2, 0.25) is 0 Å². The second kappa shape index (κ2) is 8.74. The molecule has 0 atom stereocenters. The van der Waals surface area contributed by atoms with Gasteiger partial charge in [-0.1, -0.05) is 0 Å². The molecule has 6 nitrogen and oxygen atoms in total. The molecule has 0 aromatic heterocycles. The Balaban J connectivity index is 1.85. The van der Waals surface area contributed by atoms with Crippen molar-refractivity contribution in [2.24, 2.45) is 5.92 Å². The third kappa shape index (κ3) is 4.87. The van der Waals surface area contributed by atoms with Gasteiger partial charge in [0.25, 0.3) is 0 Å². The predicted octanol–water partition coefficient (Wildman–Crippen LogP) is 2.86. The van der Waals surface area contributed by atoms with Gasteiger partial charge in [0.1, 0.15) is 0 Å². The standard InChI is InChI=1S/C19H30N4O2/c1-5-22(6-2)19(25)23-13-11-15(12-14-23)18(24)20-16-7-9-17(10-8-16)21(3)4/h7-10,15H,5-6,11-14H2,1-4H3,(H,20,24). The minimum Gasteiger partial charge on any atom is -0.378 e. The van der Waals surface area contributed by atoms with E-state index in [4.69, 9.17) is 0 Å². The van der Waals surface area contributed by atoms with Gasteiger partial charge in [0, 0.05) is 57.6 Å². The van der Waals surface area contributed by atoms with Crippen LogP contribution in [0.3, 0.4) is 0 Å². The van der Waals surface area contributed by atoms with E-state index in [1.165, 1.54) is 0 Å². The van der Waals surface area contributed by atoms with E-state index in [9.17, 15) is 9.59 Å². The Morgan fingerprint density at radius 3 is 2.12 bits per heavy atom. The first-order valence-electron chi connectivity index (χ1n) is 9.08. The lowest BCUT2D eigenvalue weighted by atomic mass is 9.96. The molecular formula is C19H30N4O2. The van der Waals surface area contributed by atoms with Crippen LogP contribution in [-0.4, -0.2) is 62.0 Å². The topological polar surface area (TPSA) is 55.9 Å². The van der Waals surface area contributed by atoms with Crippen molar-refractivity contribution in [3.05, 3.63) is 24.3 Å². The molecule has 0 saturated carbocycles. The smallest absolute Gasteiger partial charge is 0.319 e. The lowest BCUT2D eigenvalue weighted by Crippen LogP contribution is -2.47. The highest BCUT2D eigenvalue weighted by molar-refractivity contribution is 5.93. The van der Waals surface area contributed by atoms with E-state index in [2.05, 4.69) is 5.32 Å². The molecule has 0 aliphatic carbocycles. The van der Waals surface area contributed by atoms with Gasteiger partial charge in [0.2, 0.25) is 5.91 Å². The van der Waals surface area contributed by atoms with Crippen LogP contribution in [0.1, 0.15) is 26.7 Å². The van der Waals surface area contributed by atoms with Crippen molar-refractivity contribution in [1.29, 1.82) is 0 Å². The molecule has 3 amide bonds. The monoisotopic (exact) mass is 346 g/mol. The van der Waals surface area contributed by atoms with E-state index in [0.29, 0.717) is 25.9 Å². The van der Waals surface area contributed by atoms with Gasteiger partial charge in [-0.25, -0.2) is 4.79 Å². The Hall–Kier alpha value is -2.24. The number of hydrogen-bond acceptors (Lipinski definition) is 3. The first kappa shape index (κ1) is 19.1. The van der Waals surface area contributed by atoms with E-state index in [1.807, 2.05) is 66.9 Å². The van der Waals surface area contributed by atoms with Gasteiger partial charge >= 0.3 is 6.03 Å². The molecule has 1 aliphatic rings. The summed E-state index contributed by atoms with van der Waals surface area (Å²) in [6.45, 7) is 6.71. The zero-order valence-electron chi connectivity index (χ0n) is 15.8. The SMILES string of the molecule is CCN(CC)C(=O)N1CCC(C(=O)Nc2ccc(N(C)C)cc2)CC1. The fraction of sp³-hybridized carbons (Fsp3) is 0.579. The van der Waals surface area contributed by atoms with Gasteiger partial charge in [-0.05, 0) is 51.0 Å². The zero-order chi connectivity index (χ0) is 18.4. The molecule has 0 radical (unpaired) electrons. The van der Waals surface area contributed by atoms with Gasteiger partial charge in [0.15, 0.2) is 0 Å². The number of rotatable bonds is 5. The molecule has 1 aromatic rings. The highest BCUT2D eigenvalue weighted by Crippen LogP contribution is 2.21. The second-order valence-electron chi connectivity index (χ2n) is 6.65. The highest BCUT2D eigenvalue weighted by Gasteiger charge is 2.28. The number of nitrogens with zero attached hydrogens (tertiary/aromatic N) is 3. The summed E-state index contributed by atoms with van der Waals surface area (Å²) in [7, 11) is 3.97. The molecule has 2 rings (SSSR count). The summed E-state index contributed by atoms with van der Waals surface area (Å²) in [5.74, 6) is 0.0156. The molecule has 6 heteroatoms. The summed E-state index contributed by atoms with van der Waals surface area (Å²) >= 11 is 0. The quantitative estimate of drug-likeness (QED) is 0.892. The number of hydrogen-bond donors (Lipinski definition) is 1. The Morgan fingerprint density at radius 1 is 1.08 bits per heavy atom. The summed E-state index contributed by atoms with van der Waals surface area (Å²) in [5, 5.41) is 3.00. The normalized spacial score (nSPS) is 15.0. The summed E-state index contributed by atoms with van der Waals surface area (Å²) in [6, 6.07) is 7.91. The van der Waals surface area contributed by atoms with E-state index in [1.54, 1.807) is 0 Å². The maximum atomic E-state index is 12.5. The van der Waals surface area contributed by atoms with E-state index in [-0.39, 0.29) is 17.9 Å². The Labute approximate surface area is 150 Å². The predicted molar refractivity (Wildman–Crippen MR) is 102 cm³/mol. The first-order valence-corrected chi connectivity index (χ1v) is 9.08. The molecule has 0 unspecified atom stereocenters. The average molecular weight is 346 g/mol. The minimum absolute atomic E-state index is 0.0331. The number of likely N-dealkylation sites (tertiary alicyclic amines) is 1. The maximum Gasteiger partial charge on any atom is 0.319 e. The van der Waals surface area contributed by atoms with Crippen LogP contribution in [0.25, 0.3) is 0 Å². The van der Waals surface area contributed by atoms with E-state index >= 15 is 0 Å². The van der Waals surface area contributed by atoms with Crippen LogP contribution in [0.15, 0.2) is 24.3 Å². The minimum atomic E-state index is -0.0331. The van der Waals surface area contributed by atoms with Crippen LogP contribution in [0.5, 0.6) is 0 Å². The number of anilines is 2. The zero-order valence-corrected chi connectivity index (χ0v) is 15.8. The van der Waals surface area contributed by atoms with Crippen LogP contribution in [-0.2, 0) is 4.79 Å². The first-order chi connectivity index (χ1) is 12.0. The Kier molecular flexibility index (Phi) is 6.67. The van der Waals surface area contributed by atoms with Crippen molar-refractivity contribution in [2.75, 3.05) is 50.5 Å². The third-order valence-corrected chi connectivity index (χ3v) is 4.82. The van der Waals surface area contributed by atoms with E-state index in [0.717, 1.165) is 24.5 Å². The number of carbonyl (C=O) groups excluding carboxylic acids is 2. The molecular weight excluding hydrogens is 316 g/mol. The average Bonchev–Trinajstić information content (AvgIpc) is 2.63. The van der Waals surface area contributed by atoms with Crippen LogP contribution in [0.4, 0.5) is 16.2 Å². The van der Waals surface area contributed by atoms with Crippen LogP contribution >= 0.6 is 0 Å². The molecule has 0 bridgehead atoms. The fourth-order valence-electron chi connectivity index (χ4n) is 3.11. The number of piperidine rings is 1. The number of benzene rings is 1. The lowest BCUT2D eigenvalue weighted by Gasteiger charge is -2.34. The van der Waals surface area contributed by atoms with Gasteiger partial charge in [-0.2, -0.15) is 0 Å². The van der Waals surface area contributed by atoms with E-state index < -0.39 is 0 Å². The van der Waals surface area contributed by atoms with Crippen molar-refractivity contribution in [3.63, 3.8) is 0 Å². The Morgan fingerprint density at radius 2 is 1.64 bits per heavy atom. The molecule has 1 saturated heterocycles. The largest absolute Gasteiger partial charge is 0.378 e. The fourth-order valence-corrected chi connectivity index (χ4v) is 3.11. The molecule has 0 spiro atoms. The van der Waals surface area contributed by atoms with Gasteiger partial charge < -0.3 is 20.0 Å². The molecule has 25 heavy (non-hydrogen) atoms. The third-order valence-electron chi connectivity index (χ3n) is 4.82. The van der Waals surface area contributed by atoms with Gasteiger partial charge in [-0.15, -0.1) is 0 Å². The lowest BCUT2D eigenvalue weighted by molar-refractivity contribution is -0.121. The van der Waals surface area contributed by atoms with Crippen molar-refractivity contribution in [3.8, 4) is 0 Å². The molecule has 1 fully saturated rings. The van der Waals surface area contributed by atoms with Crippen molar-refractivity contribution >= 4 is 23.3 Å². The van der Waals surface area contributed by atoms with Crippen LogP contribution in [0, 0.1) is 5.92 Å². The molecule has 1 N–H and O–H groups in total. The second-order valence-corrected chi connectivity index (χ2v) is 6.65. The number of urea groups is 1. The van der Waals surface area contributed by atoms with Gasteiger partial charge in [0.05, 0.1) is 0 Å². The van der Waals surface area contributed by atoms with Crippen molar-refractivity contribution in [2.45, 2.75) is 26.7 Å². The Bertz CT molecular complexity index is 574. The molecule has 1 aromatic carbocycles. The van der Waals surface area contributed by atoms with Crippen molar-refractivity contribution < 1.29 is 9.59 Å². The molecule has 1 heterocycles. The van der Waals surface area contributed by atoms with Crippen LogP contribution < -0.4 is 10.2 Å². The summed E-state index contributed by atoms with van der Waals surface area (Å²) in [4.78, 5) is 30.5. The highest BCUT2D eigenvalue weighted by atomic mass is 16.2. The maximum absolute atomic E-state index is 12.5. The molecule has 138 valence electrons. The number of amides is 3. The summed E-state index contributed by atoms with van der Waals surface area (Å²) < 4.78 is 0. The number of carbonyl (C=O) groups is 2. The molecule has 1 aliphatic heterocycles. The van der Waals surface area contributed by atoms with Crippen molar-refractivity contribution in [1.82, 2.24) is 9.80 Å².